The number of carbonyl (C=O) groups is 1. The van der Waals surface area contributed by atoms with Crippen LogP contribution in [0.15, 0.2) is 65.1 Å². The molecule has 146 valence electrons. The molecular formula is C24H21BrN2OS. The lowest BCUT2D eigenvalue weighted by Crippen LogP contribution is -2.14. The summed E-state index contributed by atoms with van der Waals surface area (Å²) in [7, 11) is 0. The fourth-order valence-electron chi connectivity index (χ4n) is 3.41. The molecule has 1 aromatic heterocycles. The molecule has 0 atom stereocenters. The summed E-state index contributed by atoms with van der Waals surface area (Å²) in [4.78, 5) is 18.3. The van der Waals surface area contributed by atoms with Crippen LogP contribution in [0, 0.1) is 13.8 Å². The fraction of sp³-hybridized carbons (Fsp3) is 0.167. The van der Waals surface area contributed by atoms with Crippen LogP contribution in [-0.2, 0) is 17.6 Å². The molecule has 29 heavy (non-hydrogen) atoms. The number of fused-ring (bicyclic) bond motifs is 1. The third-order valence-electron chi connectivity index (χ3n) is 4.92. The van der Waals surface area contributed by atoms with Gasteiger partial charge < -0.3 is 5.32 Å². The molecule has 1 N–H and O–H groups in total. The highest BCUT2D eigenvalue weighted by Crippen LogP contribution is 2.26. The Hall–Kier alpha value is -2.50. The van der Waals surface area contributed by atoms with E-state index in [4.69, 9.17) is 4.98 Å². The first-order valence-electron chi connectivity index (χ1n) is 9.47. The molecule has 0 aliphatic carbocycles. The Morgan fingerprint density at radius 2 is 1.86 bits per heavy atom. The van der Waals surface area contributed by atoms with Gasteiger partial charge in [-0.05, 0) is 53.9 Å². The van der Waals surface area contributed by atoms with Crippen LogP contribution in [0.1, 0.15) is 26.7 Å². The number of hydrogen-bond acceptors (Lipinski definition) is 3. The Labute approximate surface area is 182 Å². The Morgan fingerprint density at radius 1 is 1.07 bits per heavy atom. The monoisotopic (exact) mass is 464 g/mol. The van der Waals surface area contributed by atoms with Crippen molar-refractivity contribution in [3.05, 3.63) is 91.8 Å². The van der Waals surface area contributed by atoms with E-state index in [9.17, 15) is 4.79 Å². The van der Waals surface area contributed by atoms with Crippen LogP contribution < -0.4 is 5.32 Å². The van der Waals surface area contributed by atoms with Crippen molar-refractivity contribution in [2.24, 2.45) is 0 Å². The number of nitrogens with zero attached hydrogens (tertiary/aromatic N) is 1. The molecule has 0 aliphatic heterocycles. The molecule has 4 aromatic rings. The Morgan fingerprint density at radius 3 is 2.69 bits per heavy atom. The van der Waals surface area contributed by atoms with Crippen molar-refractivity contribution >= 4 is 49.6 Å². The highest BCUT2D eigenvalue weighted by Gasteiger charge is 2.13. The zero-order chi connectivity index (χ0) is 20.4. The average molecular weight is 465 g/mol. The summed E-state index contributed by atoms with van der Waals surface area (Å²) in [5, 5.41) is 6.53. The third kappa shape index (κ3) is 4.57. The number of benzene rings is 3. The largest absolute Gasteiger partial charge is 0.326 e. The van der Waals surface area contributed by atoms with E-state index in [0.29, 0.717) is 6.42 Å². The van der Waals surface area contributed by atoms with Crippen molar-refractivity contribution in [3.8, 4) is 0 Å². The number of anilines is 1. The number of carbonyl (C=O) groups excluding carboxylic acids is 1. The smallest absolute Gasteiger partial charge is 0.229 e. The van der Waals surface area contributed by atoms with Crippen LogP contribution in [0.4, 0.5) is 5.69 Å². The third-order valence-corrected chi connectivity index (χ3v) is 6.97. The summed E-state index contributed by atoms with van der Waals surface area (Å²) in [6, 6.07) is 20.6. The second-order valence-electron chi connectivity index (χ2n) is 7.12. The second kappa shape index (κ2) is 8.47. The number of amides is 1. The number of nitrogens with one attached hydrogen (secondary N) is 1. The molecule has 4 rings (SSSR count). The standard InChI is InChI=1S/C24H21BrN2OS/c1-15-12-19(10-11-21(15)25)27-23(28)14-22-16(2)26-24(29-22)13-18-8-5-7-17-6-3-4-9-20(17)18/h3-12H,13-14H2,1-2H3,(H,27,28). The minimum Gasteiger partial charge on any atom is -0.326 e. The summed E-state index contributed by atoms with van der Waals surface area (Å²) >= 11 is 5.11. The lowest BCUT2D eigenvalue weighted by molar-refractivity contribution is -0.115. The van der Waals surface area contributed by atoms with Gasteiger partial charge in [-0.3, -0.25) is 4.79 Å². The van der Waals surface area contributed by atoms with Crippen molar-refractivity contribution in [3.63, 3.8) is 0 Å². The number of aromatic nitrogens is 1. The van der Waals surface area contributed by atoms with Gasteiger partial charge in [0.15, 0.2) is 0 Å². The summed E-state index contributed by atoms with van der Waals surface area (Å²) in [6.07, 6.45) is 1.12. The molecule has 3 aromatic carbocycles. The van der Waals surface area contributed by atoms with Gasteiger partial charge in [-0.2, -0.15) is 0 Å². The predicted octanol–water partition coefficient (Wildman–Crippen LogP) is 6.45. The molecule has 0 radical (unpaired) electrons. The number of thiazole rings is 1. The maximum absolute atomic E-state index is 12.5. The Balaban J connectivity index is 1.49. The van der Waals surface area contributed by atoms with Gasteiger partial charge in [0.2, 0.25) is 5.91 Å². The van der Waals surface area contributed by atoms with Gasteiger partial charge in [-0.1, -0.05) is 58.4 Å². The van der Waals surface area contributed by atoms with Gasteiger partial charge in [0.1, 0.15) is 0 Å². The van der Waals surface area contributed by atoms with Gasteiger partial charge >= 0.3 is 0 Å². The molecule has 0 fully saturated rings. The summed E-state index contributed by atoms with van der Waals surface area (Å²) in [5.41, 5.74) is 4.11. The molecule has 3 nitrogen and oxygen atoms in total. The molecule has 1 amide bonds. The summed E-state index contributed by atoms with van der Waals surface area (Å²) in [5.74, 6) is -0.0183. The van der Waals surface area contributed by atoms with Crippen molar-refractivity contribution in [2.75, 3.05) is 5.32 Å². The normalized spacial score (nSPS) is 11.0. The van der Waals surface area contributed by atoms with Gasteiger partial charge in [0.05, 0.1) is 17.1 Å². The van der Waals surface area contributed by atoms with Crippen LogP contribution in [0.3, 0.4) is 0 Å². The van der Waals surface area contributed by atoms with E-state index in [1.807, 2.05) is 32.0 Å². The molecule has 0 spiro atoms. The first-order valence-corrected chi connectivity index (χ1v) is 11.1. The minimum atomic E-state index is -0.0183. The van der Waals surface area contributed by atoms with Gasteiger partial charge in [0, 0.05) is 21.5 Å². The van der Waals surface area contributed by atoms with Crippen molar-refractivity contribution in [2.45, 2.75) is 26.7 Å². The SMILES string of the molecule is Cc1cc(NC(=O)Cc2sc(Cc3cccc4ccccc34)nc2C)ccc1Br. The summed E-state index contributed by atoms with van der Waals surface area (Å²) < 4.78 is 1.03. The first kappa shape index (κ1) is 19.8. The molecule has 0 saturated heterocycles. The van der Waals surface area contributed by atoms with Gasteiger partial charge in [0.25, 0.3) is 0 Å². The molecule has 0 unspecified atom stereocenters. The lowest BCUT2D eigenvalue weighted by Gasteiger charge is -2.06. The highest BCUT2D eigenvalue weighted by atomic mass is 79.9. The molecule has 0 aliphatic rings. The van der Waals surface area contributed by atoms with Gasteiger partial charge in [-0.25, -0.2) is 4.98 Å². The fourth-order valence-corrected chi connectivity index (χ4v) is 4.75. The molecule has 0 bridgehead atoms. The number of rotatable bonds is 5. The van der Waals surface area contributed by atoms with Crippen LogP contribution in [0.5, 0.6) is 0 Å². The highest BCUT2D eigenvalue weighted by molar-refractivity contribution is 9.10. The van der Waals surface area contributed by atoms with E-state index >= 15 is 0 Å². The van der Waals surface area contributed by atoms with Crippen LogP contribution >= 0.6 is 27.3 Å². The molecule has 0 saturated carbocycles. The van der Waals surface area contributed by atoms with E-state index in [0.717, 1.165) is 37.7 Å². The van der Waals surface area contributed by atoms with E-state index in [-0.39, 0.29) is 5.91 Å². The van der Waals surface area contributed by atoms with E-state index in [1.54, 1.807) is 11.3 Å². The first-order chi connectivity index (χ1) is 14.0. The number of halogens is 1. The zero-order valence-electron chi connectivity index (χ0n) is 16.3. The van der Waals surface area contributed by atoms with Crippen LogP contribution in [0.25, 0.3) is 10.8 Å². The molecule has 1 heterocycles. The zero-order valence-corrected chi connectivity index (χ0v) is 18.7. The van der Waals surface area contributed by atoms with E-state index in [1.165, 1.54) is 16.3 Å². The maximum Gasteiger partial charge on any atom is 0.229 e. The predicted molar refractivity (Wildman–Crippen MR) is 125 cm³/mol. The topological polar surface area (TPSA) is 42.0 Å². The minimum absolute atomic E-state index is 0.0183. The van der Waals surface area contributed by atoms with Crippen molar-refractivity contribution < 1.29 is 4.79 Å². The van der Waals surface area contributed by atoms with E-state index < -0.39 is 0 Å². The molecule has 5 heteroatoms. The average Bonchev–Trinajstić information content (AvgIpc) is 3.04. The summed E-state index contributed by atoms with van der Waals surface area (Å²) in [6.45, 7) is 3.99. The van der Waals surface area contributed by atoms with E-state index in [2.05, 4.69) is 63.7 Å². The van der Waals surface area contributed by atoms with Crippen molar-refractivity contribution in [1.29, 1.82) is 0 Å². The second-order valence-corrected chi connectivity index (χ2v) is 9.14. The van der Waals surface area contributed by atoms with Crippen LogP contribution in [0.2, 0.25) is 0 Å². The number of aryl methyl sites for hydroxylation is 2. The van der Waals surface area contributed by atoms with Gasteiger partial charge in [-0.15, -0.1) is 11.3 Å². The Bertz CT molecular complexity index is 1190. The quantitative estimate of drug-likeness (QED) is 0.368. The lowest BCUT2D eigenvalue weighted by atomic mass is 10.0. The van der Waals surface area contributed by atoms with Crippen molar-refractivity contribution in [1.82, 2.24) is 4.98 Å². The molecular weight excluding hydrogens is 444 g/mol. The number of hydrogen-bond donors (Lipinski definition) is 1. The maximum atomic E-state index is 12.5. The Kier molecular flexibility index (Phi) is 5.79. The van der Waals surface area contributed by atoms with Crippen LogP contribution in [-0.4, -0.2) is 10.9 Å².